The first-order valence-corrected chi connectivity index (χ1v) is 6.37. The third kappa shape index (κ3) is 3.00. The lowest BCUT2D eigenvalue weighted by atomic mass is 10.1. The van der Waals surface area contributed by atoms with Gasteiger partial charge in [-0.05, 0) is 31.2 Å². The number of rotatable bonds is 3. The van der Waals surface area contributed by atoms with Crippen LogP contribution in [0.5, 0.6) is 5.75 Å². The van der Waals surface area contributed by atoms with Crippen molar-refractivity contribution in [2.45, 2.75) is 6.92 Å². The number of ether oxygens (including phenoxy) is 1. The molecule has 0 radical (unpaired) electrons. The van der Waals surface area contributed by atoms with E-state index in [9.17, 15) is 5.11 Å². The van der Waals surface area contributed by atoms with E-state index in [4.69, 9.17) is 27.5 Å². The minimum atomic E-state index is -0.00454. The summed E-state index contributed by atoms with van der Waals surface area (Å²) >= 11 is 5.83. The summed E-state index contributed by atoms with van der Waals surface area (Å²) in [6.07, 6.45) is 3.10. The molecule has 1 aromatic rings. The number of aromatic hydroxyl groups is 1. The Morgan fingerprint density at radius 3 is 2.80 bits per heavy atom. The van der Waals surface area contributed by atoms with Crippen LogP contribution in [0.3, 0.4) is 0 Å². The number of nitrogens with two attached hydrogens (primary N) is 1. The van der Waals surface area contributed by atoms with Crippen LogP contribution in [0.2, 0.25) is 5.02 Å². The van der Waals surface area contributed by atoms with Crippen LogP contribution in [0.4, 0.5) is 5.69 Å². The summed E-state index contributed by atoms with van der Waals surface area (Å²) < 4.78 is 5.34. The number of halogens is 1. The Morgan fingerprint density at radius 1 is 1.40 bits per heavy atom. The molecule has 1 aliphatic carbocycles. The van der Waals surface area contributed by atoms with Crippen molar-refractivity contribution in [3.8, 4) is 5.75 Å². The lowest BCUT2D eigenvalue weighted by molar-refractivity contribution is 0.250. The molecule has 104 valence electrons. The maximum absolute atomic E-state index is 9.37. The average Bonchev–Trinajstić information content (AvgIpc) is 2.39. The lowest BCUT2D eigenvalue weighted by Gasteiger charge is -2.14. The van der Waals surface area contributed by atoms with Crippen LogP contribution in [0, 0.1) is 5.41 Å². The molecule has 0 heterocycles. The first-order valence-electron chi connectivity index (χ1n) is 5.99. The molecular weight excluding hydrogens is 278 g/mol. The molecule has 4 N–H and O–H groups in total. The van der Waals surface area contributed by atoms with E-state index < -0.39 is 0 Å². The summed E-state index contributed by atoms with van der Waals surface area (Å²) in [6.45, 7) is 2.30. The number of aliphatic imine (C=N–C) groups is 1. The maximum Gasteiger partial charge on any atom is 0.146 e. The Morgan fingerprint density at radius 2 is 2.15 bits per heavy atom. The summed E-state index contributed by atoms with van der Waals surface area (Å²) in [4.78, 5) is 4.34. The van der Waals surface area contributed by atoms with Gasteiger partial charge in [0.2, 0.25) is 0 Å². The fourth-order valence-electron chi connectivity index (χ4n) is 1.66. The van der Waals surface area contributed by atoms with Gasteiger partial charge in [-0.3, -0.25) is 5.41 Å². The van der Waals surface area contributed by atoms with Crippen LogP contribution in [-0.2, 0) is 4.74 Å². The van der Waals surface area contributed by atoms with E-state index in [1.807, 2.05) is 6.92 Å². The van der Waals surface area contributed by atoms with Gasteiger partial charge >= 0.3 is 0 Å². The van der Waals surface area contributed by atoms with Gasteiger partial charge in [0.05, 0.1) is 34.4 Å². The van der Waals surface area contributed by atoms with Gasteiger partial charge in [-0.2, -0.15) is 0 Å². The zero-order valence-electron chi connectivity index (χ0n) is 10.9. The van der Waals surface area contributed by atoms with Crippen LogP contribution in [-0.4, -0.2) is 23.1 Å². The van der Waals surface area contributed by atoms with Gasteiger partial charge in [0, 0.05) is 6.08 Å². The minimum absolute atomic E-state index is 0.00454. The number of phenols is 1. The van der Waals surface area contributed by atoms with E-state index >= 15 is 0 Å². The molecule has 0 atom stereocenters. The zero-order valence-corrected chi connectivity index (χ0v) is 11.6. The number of nitrogens with one attached hydrogen (secondary N) is 1. The van der Waals surface area contributed by atoms with Crippen LogP contribution < -0.4 is 5.73 Å². The van der Waals surface area contributed by atoms with E-state index in [0.717, 1.165) is 0 Å². The quantitative estimate of drug-likeness (QED) is 0.748. The highest BCUT2D eigenvalue weighted by molar-refractivity contribution is 6.32. The molecule has 2 rings (SSSR count). The second-order valence-corrected chi connectivity index (χ2v) is 4.49. The van der Waals surface area contributed by atoms with E-state index in [1.165, 1.54) is 18.2 Å². The molecule has 0 aliphatic heterocycles. The molecule has 0 unspecified atom stereocenters. The average molecular weight is 292 g/mol. The molecule has 0 saturated carbocycles. The number of phenolic OH excluding ortho intramolecular Hbond substituents is 1. The first kappa shape index (κ1) is 14.1. The maximum atomic E-state index is 9.37. The van der Waals surface area contributed by atoms with E-state index in [-0.39, 0.29) is 16.5 Å². The van der Waals surface area contributed by atoms with Crippen molar-refractivity contribution in [2.75, 3.05) is 6.61 Å². The van der Waals surface area contributed by atoms with Crippen molar-refractivity contribution in [1.82, 2.24) is 0 Å². The standard InChI is InChI=1S/C14H14ClN3O2/c1-2-20-14-7-12(10(16)6-11(14)17)18-8-3-4-13(19)9(15)5-8/h3-7,17,19H,2,16H2,1H3/b17-11?,18-12-. The monoisotopic (exact) mass is 291 g/mol. The molecule has 1 aromatic carbocycles. The Hall–Kier alpha value is -2.27. The predicted octanol–water partition coefficient (Wildman–Crippen LogP) is 2.91. The number of allylic oxidation sites excluding steroid dienone is 2. The number of nitrogens with zero attached hydrogens (tertiary/aromatic N) is 1. The van der Waals surface area contributed by atoms with E-state index in [1.54, 1.807) is 12.1 Å². The number of benzene rings is 1. The molecule has 6 heteroatoms. The molecule has 0 bridgehead atoms. The van der Waals surface area contributed by atoms with Crippen molar-refractivity contribution < 1.29 is 9.84 Å². The molecule has 1 aliphatic rings. The second-order valence-electron chi connectivity index (χ2n) is 4.09. The summed E-state index contributed by atoms with van der Waals surface area (Å²) in [6, 6.07) is 4.61. The third-order valence-electron chi connectivity index (χ3n) is 2.61. The van der Waals surface area contributed by atoms with Gasteiger partial charge < -0.3 is 15.6 Å². The zero-order chi connectivity index (χ0) is 14.7. The van der Waals surface area contributed by atoms with Gasteiger partial charge in [0.1, 0.15) is 11.5 Å². The van der Waals surface area contributed by atoms with Crippen molar-refractivity contribution >= 4 is 28.7 Å². The minimum Gasteiger partial charge on any atom is -0.506 e. The SMILES string of the molecule is CCOC1=C/C(=N/c2ccc(O)c(Cl)c2)C(N)=CC1=N. The Bertz CT molecular complexity index is 648. The number of hydrogen-bond donors (Lipinski definition) is 3. The summed E-state index contributed by atoms with van der Waals surface area (Å²) in [5.74, 6) is 0.417. The molecule has 5 nitrogen and oxygen atoms in total. The fourth-order valence-corrected chi connectivity index (χ4v) is 1.84. The fraction of sp³-hybridized carbons (Fsp3) is 0.143. The van der Waals surface area contributed by atoms with E-state index in [2.05, 4.69) is 4.99 Å². The smallest absolute Gasteiger partial charge is 0.146 e. The second kappa shape index (κ2) is 5.79. The predicted molar refractivity (Wildman–Crippen MR) is 79.9 cm³/mol. The number of hydrogen-bond acceptors (Lipinski definition) is 5. The van der Waals surface area contributed by atoms with Crippen LogP contribution in [0.15, 0.2) is 46.8 Å². The highest BCUT2D eigenvalue weighted by atomic mass is 35.5. The molecule has 20 heavy (non-hydrogen) atoms. The van der Waals surface area contributed by atoms with E-state index in [0.29, 0.717) is 29.5 Å². The molecule has 0 spiro atoms. The normalized spacial score (nSPS) is 16.9. The summed E-state index contributed by atoms with van der Waals surface area (Å²) in [5.41, 5.74) is 7.49. The van der Waals surface area contributed by atoms with Gasteiger partial charge in [-0.15, -0.1) is 0 Å². The van der Waals surface area contributed by atoms with Crippen molar-refractivity contribution in [3.63, 3.8) is 0 Å². The highest BCUT2D eigenvalue weighted by Gasteiger charge is 2.15. The molecule has 0 saturated heterocycles. The van der Waals surface area contributed by atoms with Crippen molar-refractivity contribution in [3.05, 3.63) is 46.8 Å². The van der Waals surface area contributed by atoms with Gasteiger partial charge in [0.25, 0.3) is 0 Å². The Kier molecular flexibility index (Phi) is 4.10. The molecular formula is C14H14ClN3O2. The first-order chi connectivity index (χ1) is 9.51. The van der Waals surface area contributed by atoms with Gasteiger partial charge in [0.15, 0.2) is 0 Å². The topological polar surface area (TPSA) is 91.7 Å². The largest absolute Gasteiger partial charge is 0.506 e. The van der Waals surface area contributed by atoms with Crippen LogP contribution in [0.25, 0.3) is 0 Å². The van der Waals surface area contributed by atoms with Crippen molar-refractivity contribution in [1.29, 1.82) is 5.41 Å². The van der Waals surface area contributed by atoms with Crippen LogP contribution in [0.1, 0.15) is 6.92 Å². The molecule has 0 aromatic heterocycles. The summed E-state index contributed by atoms with van der Waals surface area (Å²) in [5, 5.41) is 17.3. The van der Waals surface area contributed by atoms with Crippen molar-refractivity contribution in [2.24, 2.45) is 10.7 Å². The third-order valence-corrected chi connectivity index (χ3v) is 2.91. The van der Waals surface area contributed by atoms with Gasteiger partial charge in [-0.25, -0.2) is 4.99 Å². The summed E-state index contributed by atoms with van der Waals surface area (Å²) in [7, 11) is 0. The Labute approximate surface area is 121 Å². The highest BCUT2D eigenvalue weighted by Crippen LogP contribution is 2.28. The lowest BCUT2D eigenvalue weighted by Crippen LogP contribution is -2.19. The Balaban J connectivity index is 2.38. The van der Waals surface area contributed by atoms with Gasteiger partial charge in [-0.1, -0.05) is 11.6 Å². The molecule has 0 fully saturated rings. The van der Waals surface area contributed by atoms with Crippen LogP contribution >= 0.6 is 11.6 Å². The molecule has 0 amide bonds.